The average molecular weight is 249 g/mol. The topological polar surface area (TPSA) is 70.9 Å². The summed E-state index contributed by atoms with van der Waals surface area (Å²) in [5.41, 5.74) is 7.64. The third-order valence-corrected chi connectivity index (χ3v) is 2.83. The van der Waals surface area contributed by atoms with E-state index in [1.807, 2.05) is 31.8 Å². The van der Waals surface area contributed by atoms with Crippen LogP contribution in [0.15, 0.2) is 12.4 Å². The predicted octanol–water partition coefficient (Wildman–Crippen LogP) is 1.24. The zero-order valence-corrected chi connectivity index (χ0v) is 11.1. The summed E-state index contributed by atoms with van der Waals surface area (Å²) in [6, 6.07) is 0. The fourth-order valence-electron chi connectivity index (χ4n) is 1.92. The van der Waals surface area contributed by atoms with Crippen LogP contribution >= 0.6 is 0 Å². The summed E-state index contributed by atoms with van der Waals surface area (Å²) in [5, 5.41) is 8.54. The van der Waals surface area contributed by atoms with Gasteiger partial charge in [0.25, 0.3) is 0 Å². The molecule has 0 saturated carbocycles. The number of aryl methyl sites for hydroxylation is 3. The van der Waals surface area contributed by atoms with E-state index in [1.54, 1.807) is 10.9 Å². The second kappa shape index (κ2) is 5.22. The summed E-state index contributed by atoms with van der Waals surface area (Å²) in [6.45, 7) is 5.40. The smallest absolute Gasteiger partial charge is 0.221 e. The lowest BCUT2D eigenvalue weighted by Crippen LogP contribution is -2.04. The Bertz CT molecular complexity index is 529. The highest BCUT2D eigenvalue weighted by atomic mass is 16.5. The van der Waals surface area contributed by atoms with Gasteiger partial charge in [-0.15, -0.1) is 0 Å². The first kappa shape index (κ1) is 12.6. The molecule has 98 valence electrons. The van der Waals surface area contributed by atoms with Gasteiger partial charge >= 0.3 is 0 Å². The summed E-state index contributed by atoms with van der Waals surface area (Å²) < 4.78 is 9.42. The van der Waals surface area contributed by atoms with Crippen molar-refractivity contribution in [3.63, 3.8) is 0 Å². The first-order valence-corrected chi connectivity index (χ1v) is 6.08. The molecule has 0 atom stereocenters. The van der Waals surface area contributed by atoms with Crippen LogP contribution in [0.1, 0.15) is 18.2 Å². The number of nitrogens with two attached hydrogens (primary N) is 1. The van der Waals surface area contributed by atoms with E-state index in [1.165, 1.54) is 0 Å². The molecule has 0 aliphatic heterocycles. The molecular formula is C12H19N5O. The van der Waals surface area contributed by atoms with Gasteiger partial charge in [-0.2, -0.15) is 10.2 Å². The third kappa shape index (κ3) is 2.38. The van der Waals surface area contributed by atoms with E-state index >= 15 is 0 Å². The van der Waals surface area contributed by atoms with Gasteiger partial charge in [0, 0.05) is 19.2 Å². The molecule has 2 aromatic rings. The van der Waals surface area contributed by atoms with Crippen LogP contribution in [-0.4, -0.2) is 26.1 Å². The van der Waals surface area contributed by atoms with E-state index in [0.29, 0.717) is 6.54 Å². The Hall–Kier alpha value is -1.82. The van der Waals surface area contributed by atoms with Gasteiger partial charge in [-0.25, -0.2) is 4.68 Å². The standard InChI is InChI=1S/C12H19N5O/c1-4-17-8-10(7-14-17)18-12-11(5-6-13)9(2)15-16(12)3/h7-8H,4-6,13H2,1-3H3. The molecule has 0 bridgehead atoms. The Labute approximate surface area is 106 Å². The van der Waals surface area contributed by atoms with Crippen molar-refractivity contribution >= 4 is 0 Å². The van der Waals surface area contributed by atoms with Crippen LogP contribution < -0.4 is 10.5 Å². The van der Waals surface area contributed by atoms with Gasteiger partial charge in [-0.05, 0) is 26.8 Å². The number of nitrogens with zero attached hydrogens (tertiary/aromatic N) is 4. The fraction of sp³-hybridized carbons (Fsp3) is 0.500. The van der Waals surface area contributed by atoms with Gasteiger partial charge < -0.3 is 10.5 Å². The Morgan fingerprint density at radius 2 is 2.22 bits per heavy atom. The third-order valence-electron chi connectivity index (χ3n) is 2.83. The summed E-state index contributed by atoms with van der Waals surface area (Å²) >= 11 is 0. The lowest BCUT2D eigenvalue weighted by atomic mass is 10.2. The molecule has 0 aromatic carbocycles. The summed E-state index contributed by atoms with van der Waals surface area (Å²) in [6.07, 6.45) is 4.34. The van der Waals surface area contributed by atoms with Gasteiger partial charge in [0.2, 0.25) is 5.88 Å². The normalized spacial score (nSPS) is 10.9. The highest BCUT2D eigenvalue weighted by Crippen LogP contribution is 2.27. The lowest BCUT2D eigenvalue weighted by Gasteiger charge is -2.06. The lowest BCUT2D eigenvalue weighted by molar-refractivity contribution is 0.425. The maximum atomic E-state index is 5.86. The molecule has 0 spiro atoms. The van der Waals surface area contributed by atoms with Gasteiger partial charge in [-0.1, -0.05) is 0 Å². The molecule has 0 unspecified atom stereocenters. The highest BCUT2D eigenvalue weighted by molar-refractivity contribution is 5.34. The molecule has 2 N–H and O–H groups in total. The van der Waals surface area contributed by atoms with Gasteiger partial charge in [-0.3, -0.25) is 4.68 Å². The zero-order valence-electron chi connectivity index (χ0n) is 11.1. The molecule has 0 fully saturated rings. The van der Waals surface area contributed by atoms with Gasteiger partial charge in [0.05, 0.1) is 18.1 Å². The maximum absolute atomic E-state index is 5.86. The molecule has 0 aliphatic carbocycles. The Morgan fingerprint density at radius 3 is 2.83 bits per heavy atom. The largest absolute Gasteiger partial charge is 0.436 e. The molecule has 0 amide bonds. The summed E-state index contributed by atoms with van der Waals surface area (Å²) in [4.78, 5) is 0. The van der Waals surface area contributed by atoms with Crippen LogP contribution in [0.25, 0.3) is 0 Å². The summed E-state index contributed by atoms with van der Waals surface area (Å²) in [5.74, 6) is 1.46. The summed E-state index contributed by atoms with van der Waals surface area (Å²) in [7, 11) is 1.87. The van der Waals surface area contributed by atoms with Crippen molar-refractivity contribution in [3.05, 3.63) is 23.7 Å². The quantitative estimate of drug-likeness (QED) is 0.865. The number of hydrogen-bond donors (Lipinski definition) is 1. The minimum atomic E-state index is 0.580. The molecule has 2 heterocycles. The van der Waals surface area contributed by atoms with E-state index < -0.39 is 0 Å². The molecular weight excluding hydrogens is 230 g/mol. The van der Waals surface area contributed by atoms with E-state index in [4.69, 9.17) is 10.5 Å². The van der Waals surface area contributed by atoms with Crippen LogP contribution in [-0.2, 0) is 20.0 Å². The minimum absolute atomic E-state index is 0.580. The molecule has 6 heteroatoms. The van der Waals surface area contributed by atoms with E-state index in [9.17, 15) is 0 Å². The Kier molecular flexibility index (Phi) is 3.66. The van der Waals surface area contributed by atoms with Crippen molar-refractivity contribution in [2.24, 2.45) is 12.8 Å². The predicted molar refractivity (Wildman–Crippen MR) is 68.7 cm³/mol. The van der Waals surface area contributed by atoms with Gasteiger partial charge in [0.1, 0.15) is 0 Å². The van der Waals surface area contributed by atoms with Gasteiger partial charge in [0.15, 0.2) is 5.75 Å². The molecule has 2 aromatic heterocycles. The molecule has 2 rings (SSSR count). The first-order valence-electron chi connectivity index (χ1n) is 6.08. The first-order chi connectivity index (χ1) is 8.65. The van der Waals surface area contributed by atoms with Crippen molar-refractivity contribution < 1.29 is 4.74 Å². The van der Waals surface area contributed by atoms with Crippen LogP contribution in [0.2, 0.25) is 0 Å². The monoisotopic (exact) mass is 249 g/mol. The molecule has 6 nitrogen and oxygen atoms in total. The van der Waals surface area contributed by atoms with Crippen molar-refractivity contribution in [2.45, 2.75) is 26.8 Å². The second-order valence-corrected chi connectivity index (χ2v) is 4.17. The van der Waals surface area contributed by atoms with E-state index in [-0.39, 0.29) is 0 Å². The second-order valence-electron chi connectivity index (χ2n) is 4.17. The SMILES string of the molecule is CCn1cc(Oc2c(CCN)c(C)nn2C)cn1. The van der Waals surface area contributed by atoms with E-state index in [0.717, 1.165) is 35.9 Å². The zero-order chi connectivity index (χ0) is 13.1. The molecule has 0 saturated heterocycles. The average Bonchev–Trinajstić information content (AvgIpc) is 2.89. The highest BCUT2D eigenvalue weighted by Gasteiger charge is 2.15. The van der Waals surface area contributed by atoms with E-state index in [2.05, 4.69) is 10.2 Å². The number of hydrogen-bond acceptors (Lipinski definition) is 4. The maximum Gasteiger partial charge on any atom is 0.221 e. The molecule has 0 radical (unpaired) electrons. The number of aromatic nitrogens is 4. The number of rotatable bonds is 5. The van der Waals surface area contributed by atoms with Crippen molar-refractivity contribution in [2.75, 3.05) is 6.54 Å². The minimum Gasteiger partial charge on any atom is -0.436 e. The van der Waals surface area contributed by atoms with Crippen LogP contribution in [0.4, 0.5) is 0 Å². The van der Waals surface area contributed by atoms with Crippen LogP contribution in [0.3, 0.4) is 0 Å². The Morgan fingerprint density at radius 1 is 1.44 bits per heavy atom. The van der Waals surface area contributed by atoms with Crippen molar-refractivity contribution in [1.29, 1.82) is 0 Å². The van der Waals surface area contributed by atoms with Crippen molar-refractivity contribution in [3.8, 4) is 11.6 Å². The Balaban J connectivity index is 2.27. The fourth-order valence-corrected chi connectivity index (χ4v) is 1.92. The molecule has 18 heavy (non-hydrogen) atoms. The van der Waals surface area contributed by atoms with Crippen molar-refractivity contribution in [1.82, 2.24) is 19.6 Å². The van der Waals surface area contributed by atoms with Crippen LogP contribution in [0.5, 0.6) is 11.6 Å². The molecule has 0 aliphatic rings. The van der Waals surface area contributed by atoms with Crippen LogP contribution in [0, 0.1) is 6.92 Å². The number of ether oxygens (including phenoxy) is 1.